The summed E-state index contributed by atoms with van der Waals surface area (Å²) < 4.78 is 0. The monoisotopic (exact) mass is 295 g/mol. The largest absolute Gasteiger partial charge is 0.319 e. The summed E-state index contributed by atoms with van der Waals surface area (Å²) in [5.74, 6) is 0.218. The number of nitrogens with one attached hydrogen (secondary N) is 1. The predicted molar refractivity (Wildman–Crippen MR) is 83.8 cm³/mol. The number of nitrogens with zero attached hydrogens (tertiary/aromatic N) is 2. The van der Waals surface area contributed by atoms with E-state index >= 15 is 0 Å². The van der Waals surface area contributed by atoms with Crippen molar-refractivity contribution in [3.05, 3.63) is 22.4 Å². The van der Waals surface area contributed by atoms with E-state index < -0.39 is 0 Å². The van der Waals surface area contributed by atoms with Gasteiger partial charge in [-0.15, -0.1) is 11.3 Å². The second-order valence-electron chi connectivity index (χ2n) is 5.27. The molecule has 1 aromatic heterocycles. The minimum Gasteiger partial charge on any atom is -0.319 e. The highest BCUT2D eigenvalue weighted by Gasteiger charge is 2.37. The minimum absolute atomic E-state index is 0.0535. The number of carbonyl (C=O) groups excluding carboxylic acids is 1. The Morgan fingerprint density at radius 3 is 2.80 bits per heavy atom. The molecule has 20 heavy (non-hydrogen) atoms. The van der Waals surface area contributed by atoms with Crippen LogP contribution in [0.15, 0.2) is 17.5 Å². The zero-order valence-electron chi connectivity index (χ0n) is 12.6. The first-order chi connectivity index (χ1) is 9.67. The summed E-state index contributed by atoms with van der Waals surface area (Å²) in [5, 5.41) is 5.47. The Balaban J connectivity index is 2.01. The molecule has 2 atom stereocenters. The van der Waals surface area contributed by atoms with Crippen molar-refractivity contribution in [3.63, 3.8) is 0 Å². The van der Waals surface area contributed by atoms with Crippen molar-refractivity contribution in [1.29, 1.82) is 0 Å². The number of likely N-dealkylation sites (N-methyl/N-ethyl adjacent to an activating group) is 1. The Kier molecular flexibility index (Phi) is 5.57. The van der Waals surface area contributed by atoms with Gasteiger partial charge in [0.1, 0.15) is 6.17 Å². The molecule has 2 heterocycles. The molecule has 0 spiro atoms. The zero-order chi connectivity index (χ0) is 14.5. The number of amides is 1. The van der Waals surface area contributed by atoms with Gasteiger partial charge in [0.2, 0.25) is 5.91 Å². The lowest BCUT2D eigenvalue weighted by molar-refractivity contribution is -0.130. The van der Waals surface area contributed by atoms with Crippen LogP contribution in [-0.2, 0) is 4.79 Å². The molecule has 1 aromatic rings. The summed E-state index contributed by atoms with van der Waals surface area (Å²) >= 11 is 1.71. The third kappa shape index (κ3) is 3.40. The van der Waals surface area contributed by atoms with E-state index in [2.05, 4.69) is 35.5 Å². The molecule has 2 unspecified atom stereocenters. The van der Waals surface area contributed by atoms with E-state index in [4.69, 9.17) is 0 Å². The fourth-order valence-electron chi connectivity index (χ4n) is 2.69. The first kappa shape index (κ1) is 15.5. The van der Waals surface area contributed by atoms with Crippen molar-refractivity contribution in [3.8, 4) is 0 Å². The van der Waals surface area contributed by atoms with Gasteiger partial charge >= 0.3 is 0 Å². The fourth-order valence-corrected chi connectivity index (χ4v) is 3.48. The molecule has 1 fully saturated rings. The van der Waals surface area contributed by atoms with Crippen LogP contribution in [0.1, 0.15) is 38.2 Å². The highest BCUT2D eigenvalue weighted by molar-refractivity contribution is 7.10. The molecule has 0 bridgehead atoms. The van der Waals surface area contributed by atoms with Crippen molar-refractivity contribution < 1.29 is 4.79 Å². The van der Waals surface area contributed by atoms with Crippen LogP contribution in [0.3, 0.4) is 0 Å². The van der Waals surface area contributed by atoms with Gasteiger partial charge in [-0.2, -0.15) is 0 Å². The normalized spacial score (nSPS) is 23.0. The van der Waals surface area contributed by atoms with Gasteiger partial charge in [0.15, 0.2) is 0 Å². The average molecular weight is 295 g/mol. The number of carbonyl (C=O) groups is 1. The van der Waals surface area contributed by atoms with Gasteiger partial charge in [0.25, 0.3) is 0 Å². The van der Waals surface area contributed by atoms with Crippen LogP contribution in [0.2, 0.25) is 0 Å². The standard InChI is InChI=1S/C15H25N3OS/c1-4-8-17(5-2)9-10-18-14(13-7-6-11-20-13)16-12(3)15(18)19/h6-7,11-12,14,16H,4-5,8-10H2,1-3H3. The van der Waals surface area contributed by atoms with Crippen molar-refractivity contribution in [2.45, 2.75) is 39.4 Å². The molecule has 0 saturated carbocycles. The molecular formula is C15H25N3OS. The lowest BCUT2D eigenvalue weighted by Crippen LogP contribution is -2.38. The summed E-state index contributed by atoms with van der Waals surface area (Å²) in [7, 11) is 0. The Hall–Kier alpha value is -0.910. The summed E-state index contributed by atoms with van der Waals surface area (Å²) in [6.45, 7) is 10.2. The van der Waals surface area contributed by atoms with Gasteiger partial charge in [0.05, 0.1) is 6.04 Å². The first-order valence-corrected chi connectivity index (χ1v) is 8.37. The van der Waals surface area contributed by atoms with E-state index in [0.29, 0.717) is 0 Å². The van der Waals surface area contributed by atoms with Crippen molar-refractivity contribution in [2.24, 2.45) is 0 Å². The Morgan fingerprint density at radius 1 is 1.40 bits per heavy atom. The number of rotatable bonds is 7. The van der Waals surface area contributed by atoms with Gasteiger partial charge in [-0.3, -0.25) is 10.1 Å². The number of thiophene rings is 1. The molecule has 0 aromatic carbocycles. The molecule has 0 radical (unpaired) electrons. The lowest BCUT2D eigenvalue weighted by atomic mass is 10.3. The van der Waals surface area contributed by atoms with E-state index in [0.717, 1.165) is 32.6 Å². The quantitative estimate of drug-likeness (QED) is 0.838. The molecule has 1 saturated heterocycles. The third-order valence-electron chi connectivity index (χ3n) is 3.83. The summed E-state index contributed by atoms with van der Waals surface area (Å²) in [6, 6.07) is 4.07. The second kappa shape index (κ2) is 7.20. The van der Waals surface area contributed by atoms with Gasteiger partial charge in [0, 0.05) is 18.0 Å². The molecule has 1 aliphatic rings. The fraction of sp³-hybridized carbons (Fsp3) is 0.667. The van der Waals surface area contributed by atoms with Crippen molar-refractivity contribution in [2.75, 3.05) is 26.2 Å². The Labute approximate surface area is 125 Å². The van der Waals surface area contributed by atoms with E-state index in [1.165, 1.54) is 4.88 Å². The molecule has 0 aliphatic carbocycles. The van der Waals surface area contributed by atoms with Crippen LogP contribution in [0.5, 0.6) is 0 Å². The van der Waals surface area contributed by atoms with Gasteiger partial charge in [-0.25, -0.2) is 0 Å². The molecule has 1 aliphatic heterocycles. The summed E-state index contributed by atoms with van der Waals surface area (Å²) in [4.78, 5) is 17.9. The zero-order valence-corrected chi connectivity index (χ0v) is 13.4. The summed E-state index contributed by atoms with van der Waals surface area (Å²) in [5.41, 5.74) is 0. The maximum absolute atomic E-state index is 12.3. The van der Waals surface area contributed by atoms with Crippen LogP contribution < -0.4 is 5.32 Å². The SMILES string of the molecule is CCCN(CC)CCN1C(=O)C(C)NC1c1cccs1. The molecule has 1 amide bonds. The van der Waals surface area contributed by atoms with E-state index in [-0.39, 0.29) is 18.1 Å². The molecular weight excluding hydrogens is 270 g/mol. The predicted octanol–water partition coefficient (Wildman–Crippen LogP) is 2.30. The van der Waals surface area contributed by atoms with Crippen LogP contribution in [0, 0.1) is 0 Å². The van der Waals surface area contributed by atoms with Gasteiger partial charge in [-0.05, 0) is 37.9 Å². The van der Waals surface area contributed by atoms with E-state index in [9.17, 15) is 4.79 Å². The Bertz CT molecular complexity index is 421. The van der Waals surface area contributed by atoms with E-state index in [1.54, 1.807) is 11.3 Å². The van der Waals surface area contributed by atoms with Crippen molar-refractivity contribution in [1.82, 2.24) is 15.1 Å². The maximum Gasteiger partial charge on any atom is 0.241 e. The van der Waals surface area contributed by atoms with Crippen LogP contribution in [-0.4, -0.2) is 47.9 Å². The molecule has 112 valence electrons. The number of hydrogen-bond donors (Lipinski definition) is 1. The van der Waals surface area contributed by atoms with Crippen molar-refractivity contribution >= 4 is 17.2 Å². The average Bonchev–Trinajstić information content (AvgIpc) is 3.05. The topological polar surface area (TPSA) is 35.6 Å². The van der Waals surface area contributed by atoms with Crippen LogP contribution in [0.25, 0.3) is 0 Å². The minimum atomic E-state index is -0.0802. The summed E-state index contributed by atoms with van der Waals surface area (Å²) in [6.07, 6.45) is 1.21. The third-order valence-corrected chi connectivity index (χ3v) is 4.75. The highest BCUT2D eigenvalue weighted by Crippen LogP contribution is 2.28. The number of hydrogen-bond acceptors (Lipinski definition) is 4. The molecule has 4 nitrogen and oxygen atoms in total. The molecule has 2 rings (SSSR count). The van der Waals surface area contributed by atoms with Gasteiger partial charge < -0.3 is 9.80 Å². The van der Waals surface area contributed by atoms with E-state index in [1.807, 2.05) is 17.9 Å². The smallest absolute Gasteiger partial charge is 0.241 e. The molecule has 5 heteroatoms. The second-order valence-corrected chi connectivity index (χ2v) is 6.25. The molecule has 1 N–H and O–H groups in total. The lowest BCUT2D eigenvalue weighted by Gasteiger charge is -2.27. The maximum atomic E-state index is 12.3. The first-order valence-electron chi connectivity index (χ1n) is 7.49. The van der Waals surface area contributed by atoms with Gasteiger partial charge in [-0.1, -0.05) is 19.9 Å². The van der Waals surface area contributed by atoms with Crippen LogP contribution >= 0.6 is 11.3 Å². The Morgan fingerprint density at radius 2 is 2.20 bits per heavy atom. The van der Waals surface area contributed by atoms with Crippen LogP contribution in [0.4, 0.5) is 0 Å². The highest BCUT2D eigenvalue weighted by atomic mass is 32.1.